The topological polar surface area (TPSA) is 77.8 Å². The van der Waals surface area contributed by atoms with Gasteiger partial charge in [-0.2, -0.15) is 0 Å². The molecular weight excluding hydrogens is 198 g/mol. The normalized spacial score (nSPS) is 26.8. The van der Waals surface area contributed by atoms with Crippen molar-refractivity contribution in [3.8, 4) is 0 Å². The highest BCUT2D eigenvalue weighted by atomic mass is 16.3. The first kappa shape index (κ1) is 12.1. The summed E-state index contributed by atoms with van der Waals surface area (Å²) < 4.78 is 0. The minimum atomic E-state index is -0.878. The number of hydrogen-bond acceptors (Lipinski definition) is 4. The van der Waals surface area contributed by atoms with E-state index in [0.717, 1.165) is 0 Å². The largest absolute Gasteiger partial charge is 0.388 e. The molecule has 1 amide bonds. The molecule has 5 heteroatoms. The van der Waals surface area contributed by atoms with E-state index >= 15 is 0 Å². The molecule has 1 aliphatic heterocycles. The molecule has 15 heavy (non-hydrogen) atoms. The number of rotatable bonds is 3. The van der Waals surface area contributed by atoms with Gasteiger partial charge in [0.25, 0.3) is 0 Å². The number of hydrogen-bond donors (Lipinski definition) is 2. The lowest BCUT2D eigenvalue weighted by molar-refractivity contribution is -0.132. The summed E-state index contributed by atoms with van der Waals surface area (Å²) >= 11 is 0. The van der Waals surface area contributed by atoms with Gasteiger partial charge in [-0.1, -0.05) is 13.8 Å². The fraction of sp³-hybridized carbons (Fsp3) is 0.800. The molecule has 0 aromatic carbocycles. The van der Waals surface area contributed by atoms with Crippen molar-refractivity contribution in [1.29, 1.82) is 0 Å². The summed E-state index contributed by atoms with van der Waals surface area (Å²) in [5.74, 6) is -0.237. The van der Waals surface area contributed by atoms with E-state index in [1.165, 1.54) is 4.90 Å². The van der Waals surface area contributed by atoms with Crippen molar-refractivity contribution >= 4 is 12.2 Å². The molecule has 85 valence electrons. The van der Waals surface area contributed by atoms with Crippen LogP contribution in [0.2, 0.25) is 0 Å². The maximum Gasteiger partial charge on any atom is 0.223 e. The summed E-state index contributed by atoms with van der Waals surface area (Å²) in [5.41, 5.74) is -0.810. The number of carbonyl (C=O) groups is 1. The Morgan fingerprint density at radius 2 is 1.87 bits per heavy atom. The average Bonchev–Trinajstić information content (AvgIpc) is 2.47. The summed E-state index contributed by atoms with van der Waals surface area (Å²) in [5, 5.41) is 18.5. The van der Waals surface area contributed by atoms with Crippen LogP contribution in [0.25, 0.3) is 0 Å². The van der Waals surface area contributed by atoms with Crippen LogP contribution in [-0.4, -0.2) is 52.6 Å². The second kappa shape index (κ2) is 4.28. The quantitative estimate of drug-likeness (QED) is 0.636. The van der Waals surface area contributed by atoms with Crippen LogP contribution in [0.5, 0.6) is 0 Å². The Hall–Kier alpha value is -0.940. The van der Waals surface area contributed by atoms with Crippen molar-refractivity contribution in [2.24, 2.45) is 5.41 Å². The Bertz CT molecular complexity index is 254. The van der Waals surface area contributed by atoms with Gasteiger partial charge in [0.1, 0.15) is 0 Å². The fourth-order valence-corrected chi connectivity index (χ4v) is 1.50. The molecule has 0 saturated carbocycles. The van der Waals surface area contributed by atoms with E-state index in [1.807, 2.05) is 0 Å². The molecular formula is C10H16NO4. The third-order valence-electron chi connectivity index (χ3n) is 2.48. The zero-order valence-electron chi connectivity index (χ0n) is 8.93. The number of aliphatic hydroxyl groups excluding tert-OH is 2. The molecule has 0 spiro atoms. The molecule has 2 N–H and O–H groups in total. The summed E-state index contributed by atoms with van der Waals surface area (Å²) in [6.07, 6.45) is 0.0921. The van der Waals surface area contributed by atoms with E-state index < -0.39 is 17.6 Å². The third kappa shape index (κ3) is 3.00. The van der Waals surface area contributed by atoms with E-state index in [-0.39, 0.29) is 25.4 Å². The molecule has 1 rings (SSSR count). The van der Waals surface area contributed by atoms with Gasteiger partial charge in [0, 0.05) is 24.9 Å². The predicted octanol–water partition coefficient (Wildman–Crippen LogP) is -0.924. The van der Waals surface area contributed by atoms with Crippen LogP contribution < -0.4 is 0 Å². The van der Waals surface area contributed by atoms with Crippen LogP contribution in [0, 0.1) is 5.41 Å². The predicted molar refractivity (Wildman–Crippen MR) is 52.7 cm³/mol. The highest BCUT2D eigenvalue weighted by molar-refractivity contribution is 5.81. The van der Waals surface area contributed by atoms with Crippen LogP contribution in [0.4, 0.5) is 0 Å². The molecule has 2 atom stereocenters. The number of amides is 1. The van der Waals surface area contributed by atoms with Crippen molar-refractivity contribution in [1.82, 2.24) is 4.90 Å². The SMILES string of the molecule is CC(C)([C]=O)CC(=O)N1CC(O)C(O)C1. The van der Waals surface area contributed by atoms with Crippen LogP contribution in [0.15, 0.2) is 0 Å². The molecule has 1 aliphatic rings. The molecule has 5 nitrogen and oxygen atoms in total. The smallest absolute Gasteiger partial charge is 0.223 e. The Morgan fingerprint density at radius 3 is 2.27 bits per heavy atom. The molecule has 1 heterocycles. The van der Waals surface area contributed by atoms with Crippen molar-refractivity contribution < 1.29 is 19.8 Å². The van der Waals surface area contributed by atoms with Gasteiger partial charge in [-0.25, -0.2) is 0 Å². The number of β-amino-alcohol motifs (C(OH)–C–C–N with tert-alkyl or cyclic N) is 2. The summed E-state index contributed by atoms with van der Waals surface area (Å²) in [6, 6.07) is 0. The van der Waals surface area contributed by atoms with Gasteiger partial charge < -0.3 is 15.1 Å². The third-order valence-corrected chi connectivity index (χ3v) is 2.48. The zero-order chi connectivity index (χ0) is 11.6. The average molecular weight is 214 g/mol. The minimum Gasteiger partial charge on any atom is -0.388 e. The Kier molecular flexibility index (Phi) is 3.46. The van der Waals surface area contributed by atoms with E-state index in [1.54, 1.807) is 20.1 Å². The summed E-state index contributed by atoms with van der Waals surface area (Å²) in [6.45, 7) is 3.52. The molecule has 2 unspecified atom stereocenters. The van der Waals surface area contributed by atoms with E-state index in [2.05, 4.69) is 0 Å². The number of likely N-dealkylation sites (tertiary alicyclic amines) is 1. The number of carbonyl (C=O) groups excluding carboxylic acids is 2. The minimum absolute atomic E-state index is 0.0515. The van der Waals surface area contributed by atoms with Gasteiger partial charge in [0.2, 0.25) is 12.2 Å². The van der Waals surface area contributed by atoms with Gasteiger partial charge in [0.15, 0.2) is 0 Å². The lowest BCUT2D eigenvalue weighted by Gasteiger charge is -2.20. The van der Waals surface area contributed by atoms with Crippen molar-refractivity contribution in [2.45, 2.75) is 32.5 Å². The van der Waals surface area contributed by atoms with E-state index in [4.69, 9.17) is 0 Å². The monoisotopic (exact) mass is 214 g/mol. The van der Waals surface area contributed by atoms with Gasteiger partial charge >= 0.3 is 0 Å². The summed E-state index contributed by atoms with van der Waals surface area (Å²) in [4.78, 5) is 23.5. The second-order valence-electron chi connectivity index (χ2n) is 4.60. The highest BCUT2D eigenvalue weighted by Crippen LogP contribution is 2.20. The molecule has 1 fully saturated rings. The number of nitrogens with zero attached hydrogens (tertiary/aromatic N) is 1. The van der Waals surface area contributed by atoms with Crippen molar-refractivity contribution in [2.75, 3.05) is 13.1 Å². The lowest BCUT2D eigenvalue weighted by Crippen LogP contribution is -2.33. The van der Waals surface area contributed by atoms with Gasteiger partial charge in [-0.15, -0.1) is 0 Å². The fourth-order valence-electron chi connectivity index (χ4n) is 1.50. The van der Waals surface area contributed by atoms with Crippen LogP contribution in [0.1, 0.15) is 20.3 Å². The summed E-state index contributed by atoms with van der Waals surface area (Å²) in [7, 11) is 0. The first-order valence-corrected chi connectivity index (χ1v) is 4.89. The van der Waals surface area contributed by atoms with E-state index in [0.29, 0.717) is 0 Å². The van der Waals surface area contributed by atoms with Gasteiger partial charge in [-0.05, 0) is 0 Å². The molecule has 1 radical (unpaired) electrons. The van der Waals surface area contributed by atoms with Gasteiger partial charge in [0.05, 0.1) is 12.2 Å². The van der Waals surface area contributed by atoms with Crippen molar-refractivity contribution in [3.05, 3.63) is 0 Å². The van der Waals surface area contributed by atoms with Crippen LogP contribution >= 0.6 is 0 Å². The molecule has 0 aromatic rings. The van der Waals surface area contributed by atoms with E-state index in [9.17, 15) is 19.8 Å². The Morgan fingerprint density at radius 1 is 1.40 bits per heavy atom. The second-order valence-corrected chi connectivity index (χ2v) is 4.60. The lowest BCUT2D eigenvalue weighted by atomic mass is 9.91. The maximum absolute atomic E-state index is 11.6. The highest BCUT2D eigenvalue weighted by Gasteiger charge is 2.34. The first-order chi connectivity index (χ1) is 6.85. The van der Waals surface area contributed by atoms with Crippen LogP contribution in [0.3, 0.4) is 0 Å². The molecule has 1 saturated heterocycles. The Balaban J connectivity index is 2.53. The first-order valence-electron chi connectivity index (χ1n) is 4.89. The standard InChI is InChI=1S/C10H16NO4/c1-10(2,6-12)3-9(15)11-4-7(13)8(14)5-11/h7-8,13-14H,3-5H2,1-2H3. The molecule has 0 aliphatic carbocycles. The maximum atomic E-state index is 11.6. The Labute approximate surface area is 88.7 Å². The number of aliphatic hydroxyl groups is 2. The van der Waals surface area contributed by atoms with Crippen molar-refractivity contribution in [3.63, 3.8) is 0 Å². The molecule has 0 bridgehead atoms. The zero-order valence-corrected chi connectivity index (χ0v) is 8.93. The van der Waals surface area contributed by atoms with Crippen LogP contribution in [-0.2, 0) is 9.59 Å². The van der Waals surface area contributed by atoms with Gasteiger partial charge in [-0.3, -0.25) is 9.59 Å². The molecule has 0 aromatic heterocycles.